The van der Waals surface area contributed by atoms with E-state index in [1.165, 1.54) is 0 Å². The van der Waals surface area contributed by atoms with Crippen molar-refractivity contribution in [2.24, 2.45) is 0 Å². The van der Waals surface area contributed by atoms with Crippen LogP contribution in [0.3, 0.4) is 0 Å². The van der Waals surface area contributed by atoms with E-state index in [2.05, 4.69) is 11.1 Å². The van der Waals surface area contributed by atoms with Crippen LogP contribution in [0.5, 0.6) is 0 Å². The molecule has 1 aromatic carbocycles. The van der Waals surface area contributed by atoms with Crippen molar-refractivity contribution in [3.8, 4) is 6.07 Å². The number of rotatable bonds is 3. The molecule has 0 amide bonds. The van der Waals surface area contributed by atoms with Crippen molar-refractivity contribution in [1.82, 2.24) is 9.55 Å². The van der Waals surface area contributed by atoms with Crippen molar-refractivity contribution in [3.63, 3.8) is 0 Å². The van der Waals surface area contributed by atoms with Crippen LogP contribution in [-0.2, 0) is 13.0 Å². The van der Waals surface area contributed by atoms with Gasteiger partial charge in [-0.15, -0.1) is 0 Å². The van der Waals surface area contributed by atoms with Gasteiger partial charge in [0.05, 0.1) is 18.0 Å². The normalized spacial score (nSPS) is 10.0. The van der Waals surface area contributed by atoms with Gasteiger partial charge in [-0.05, 0) is 31.0 Å². The molecule has 16 heavy (non-hydrogen) atoms. The molecule has 0 unspecified atom stereocenters. The zero-order chi connectivity index (χ0) is 11.4. The van der Waals surface area contributed by atoms with Crippen LogP contribution in [-0.4, -0.2) is 9.55 Å². The lowest BCUT2D eigenvalue weighted by atomic mass is 10.1. The number of nitrogens with zero attached hydrogens (tertiary/aromatic N) is 3. The molecule has 78 valence electrons. The Labute approximate surface area is 95.0 Å². The van der Waals surface area contributed by atoms with Crippen LogP contribution in [0.15, 0.2) is 36.8 Å². The number of hydrogen-bond donors (Lipinski definition) is 0. The van der Waals surface area contributed by atoms with Crippen molar-refractivity contribution in [2.75, 3.05) is 0 Å². The summed E-state index contributed by atoms with van der Waals surface area (Å²) in [5.74, 6) is 0. The van der Waals surface area contributed by atoms with E-state index in [4.69, 9.17) is 12.2 Å². The first-order chi connectivity index (χ1) is 7.83. The van der Waals surface area contributed by atoms with Crippen LogP contribution in [0.4, 0.5) is 0 Å². The average Bonchev–Trinajstić information content (AvgIpc) is 2.77. The quantitative estimate of drug-likeness (QED) is 0.776. The van der Waals surface area contributed by atoms with Crippen molar-refractivity contribution in [3.05, 3.63) is 60.5 Å². The highest BCUT2D eigenvalue weighted by atomic mass is 15.0. The maximum absolute atomic E-state index is 8.69. The van der Waals surface area contributed by atoms with Crippen LogP contribution in [0.2, 0.25) is 0 Å². The SMILES string of the molecule is [CH]Cc1cncn1Cc1ccc(C#N)cc1. The molecule has 0 atom stereocenters. The van der Waals surface area contributed by atoms with Crippen molar-refractivity contribution in [1.29, 1.82) is 5.26 Å². The number of nitriles is 1. The van der Waals surface area contributed by atoms with Crippen molar-refractivity contribution in [2.45, 2.75) is 13.0 Å². The highest BCUT2D eigenvalue weighted by Gasteiger charge is 2.00. The third-order valence-electron chi connectivity index (χ3n) is 2.44. The van der Waals surface area contributed by atoms with Crippen LogP contribution < -0.4 is 0 Å². The fourth-order valence-electron chi connectivity index (χ4n) is 1.54. The van der Waals surface area contributed by atoms with E-state index in [0.29, 0.717) is 12.0 Å². The van der Waals surface area contributed by atoms with E-state index in [1.807, 2.05) is 28.8 Å². The molecular weight excluding hydrogens is 198 g/mol. The highest BCUT2D eigenvalue weighted by Crippen LogP contribution is 2.08. The third kappa shape index (κ3) is 2.12. The van der Waals surface area contributed by atoms with Crippen molar-refractivity contribution >= 4 is 0 Å². The Balaban J connectivity index is 2.18. The first-order valence-corrected chi connectivity index (χ1v) is 5.01. The van der Waals surface area contributed by atoms with Gasteiger partial charge in [-0.3, -0.25) is 0 Å². The van der Waals surface area contributed by atoms with Gasteiger partial charge >= 0.3 is 0 Å². The molecule has 1 aromatic heterocycles. The zero-order valence-electron chi connectivity index (χ0n) is 8.80. The van der Waals surface area contributed by atoms with Crippen LogP contribution in [0, 0.1) is 18.3 Å². The predicted molar refractivity (Wildman–Crippen MR) is 60.5 cm³/mol. The maximum atomic E-state index is 8.69. The summed E-state index contributed by atoms with van der Waals surface area (Å²) in [5, 5.41) is 8.69. The molecule has 0 fully saturated rings. The highest BCUT2D eigenvalue weighted by molar-refractivity contribution is 5.31. The number of imidazole rings is 1. The molecule has 0 aliphatic carbocycles. The predicted octanol–water partition coefficient (Wildman–Crippen LogP) is 2.06. The summed E-state index contributed by atoms with van der Waals surface area (Å²) in [4.78, 5) is 4.05. The topological polar surface area (TPSA) is 41.6 Å². The second-order valence-corrected chi connectivity index (χ2v) is 3.53. The molecule has 0 saturated carbocycles. The summed E-state index contributed by atoms with van der Waals surface area (Å²) in [6.45, 7) is 6.32. The van der Waals surface area contributed by atoms with Crippen LogP contribution in [0.1, 0.15) is 16.8 Å². The number of aromatic nitrogens is 2. The minimum atomic E-state index is 0.482. The zero-order valence-corrected chi connectivity index (χ0v) is 8.80. The smallest absolute Gasteiger partial charge is 0.0991 e. The monoisotopic (exact) mass is 209 g/mol. The van der Waals surface area contributed by atoms with Gasteiger partial charge in [-0.25, -0.2) is 4.98 Å². The number of hydrogen-bond acceptors (Lipinski definition) is 2. The van der Waals surface area contributed by atoms with E-state index in [0.717, 1.165) is 17.8 Å². The van der Waals surface area contributed by atoms with Gasteiger partial charge in [0.15, 0.2) is 0 Å². The molecule has 0 bridgehead atoms. The summed E-state index contributed by atoms with van der Waals surface area (Å²) >= 11 is 0. The van der Waals surface area contributed by atoms with E-state index < -0.39 is 0 Å². The molecule has 0 N–H and O–H groups in total. The summed E-state index contributed by atoms with van der Waals surface area (Å²) in [7, 11) is 0. The lowest BCUT2D eigenvalue weighted by molar-refractivity contribution is 0.756. The Morgan fingerprint density at radius 2 is 2.06 bits per heavy atom. The van der Waals surface area contributed by atoms with Crippen LogP contribution in [0.25, 0.3) is 0 Å². The molecule has 0 aliphatic heterocycles. The summed E-state index contributed by atoms with van der Waals surface area (Å²) in [6.07, 6.45) is 4.01. The molecule has 2 radical (unpaired) electrons. The molecule has 3 heteroatoms. The molecule has 0 aliphatic rings. The molecule has 2 aromatic rings. The van der Waals surface area contributed by atoms with E-state index >= 15 is 0 Å². The van der Waals surface area contributed by atoms with Crippen LogP contribution >= 0.6 is 0 Å². The van der Waals surface area contributed by atoms with E-state index in [1.54, 1.807) is 12.5 Å². The largest absolute Gasteiger partial charge is 0.330 e. The summed E-state index contributed by atoms with van der Waals surface area (Å²) in [6, 6.07) is 9.61. The molecule has 2 rings (SSSR count). The van der Waals surface area contributed by atoms with Crippen molar-refractivity contribution < 1.29 is 0 Å². The minimum Gasteiger partial charge on any atom is -0.330 e. The van der Waals surface area contributed by atoms with Gasteiger partial charge in [0.2, 0.25) is 0 Å². The molecule has 0 saturated heterocycles. The average molecular weight is 209 g/mol. The van der Waals surface area contributed by atoms with Gasteiger partial charge in [-0.1, -0.05) is 12.1 Å². The first kappa shape index (κ1) is 10.4. The number of benzene rings is 1. The Morgan fingerprint density at radius 3 is 2.69 bits per heavy atom. The Morgan fingerprint density at radius 1 is 1.31 bits per heavy atom. The second-order valence-electron chi connectivity index (χ2n) is 3.53. The van der Waals surface area contributed by atoms with E-state index in [-0.39, 0.29) is 0 Å². The van der Waals surface area contributed by atoms with Gasteiger partial charge < -0.3 is 4.57 Å². The minimum absolute atomic E-state index is 0.482. The molecule has 3 nitrogen and oxygen atoms in total. The lowest BCUT2D eigenvalue weighted by Gasteiger charge is -2.06. The lowest BCUT2D eigenvalue weighted by Crippen LogP contribution is -2.02. The van der Waals surface area contributed by atoms with Gasteiger partial charge in [0.25, 0.3) is 0 Å². The van der Waals surface area contributed by atoms with Gasteiger partial charge in [-0.2, -0.15) is 5.26 Å². The fourth-order valence-corrected chi connectivity index (χ4v) is 1.54. The maximum Gasteiger partial charge on any atom is 0.0991 e. The van der Waals surface area contributed by atoms with E-state index in [9.17, 15) is 0 Å². The Bertz CT molecular complexity index is 503. The Hall–Kier alpha value is -2.08. The van der Waals surface area contributed by atoms with Gasteiger partial charge in [0, 0.05) is 18.4 Å². The standard InChI is InChI=1S/C13H11N3/c1-2-13-8-15-10-16(13)9-12-5-3-11(7-14)4-6-12/h1,3-6,8,10H,2,9H2. The molecule has 0 spiro atoms. The summed E-state index contributed by atoms with van der Waals surface area (Å²) < 4.78 is 2.00. The summed E-state index contributed by atoms with van der Waals surface area (Å²) in [5.41, 5.74) is 2.81. The third-order valence-corrected chi connectivity index (χ3v) is 2.44. The van der Waals surface area contributed by atoms with Gasteiger partial charge in [0.1, 0.15) is 0 Å². The second kappa shape index (κ2) is 4.63. The first-order valence-electron chi connectivity index (χ1n) is 5.01. The Kier molecular flexibility index (Phi) is 3.02. The molecule has 1 heterocycles. The fraction of sp³-hybridized carbons (Fsp3) is 0.154. The molecular formula is C13H11N3.